The van der Waals surface area contributed by atoms with Gasteiger partial charge in [0, 0.05) is 55.2 Å². The summed E-state index contributed by atoms with van der Waals surface area (Å²) in [6.07, 6.45) is 6.33. The molecule has 2 aliphatic heterocycles. The second-order valence-electron chi connectivity index (χ2n) is 9.70. The van der Waals surface area contributed by atoms with Crippen LogP contribution in [-0.4, -0.2) is 40.8 Å². The van der Waals surface area contributed by atoms with E-state index in [4.69, 9.17) is 9.47 Å². The lowest BCUT2D eigenvalue weighted by atomic mass is 9.64. The van der Waals surface area contributed by atoms with Crippen molar-refractivity contribution in [2.45, 2.75) is 64.7 Å². The molecule has 1 aromatic heterocycles. The van der Waals surface area contributed by atoms with Crippen molar-refractivity contribution in [1.82, 2.24) is 9.88 Å². The molecule has 1 aromatic carbocycles. The Morgan fingerprint density at radius 2 is 2.00 bits per heavy atom. The van der Waals surface area contributed by atoms with E-state index in [-0.39, 0.29) is 17.9 Å². The Morgan fingerprint density at radius 1 is 1.23 bits per heavy atom. The fraction of sp³-hybridized carbons (Fsp3) is 0.577. The smallest absolute Gasteiger partial charge is 0.124 e. The van der Waals surface area contributed by atoms with E-state index in [1.165, 1.54) is 17.5 Å². The fourth-order valence-electron chi connectivity index (χ4n) is 5.93. The van der Waals surface area contributed by atoms with Gasteiger partial charge in [-0.1, -0.05) is 12.5 Å². The van der Waals surface area contributed by atoms with E-state index in [2.05, 4.69) is 35.0 Å². The zero-order valence-electron chi connectivity index (χ0n) is 18.9. The van der Waals surface area contributed by atoms with Gasteiger partial charge in [-0.15, -0.1) is 0 Å². The number of benzene rings is 1. The van der Waals surface area contributed by atoms with Crippen molar-refractivity contribution in [2.24, 2.45) is 11.8 Å². The van der Waals surface area contributed by atoms with Gasteiger partial charge in [0.1, 0.15) is 23.2 Å². The van der Waals surface area contributed by atoms with E-state index < -0.39 is 5.60 Å². The molecule has 5 heteroatoms. The van der Waals surface area contributed by atoms with Crippen molar-refractivity contribution in [2.75, 3.05) is 19.7 Å². The molecule has 3 heterocycles. The number of likely N-dealkylation sites (tertiary alicyclic amines) is 1. The minimum atomic E-state index is -0.818. The van der Waals surface area contributed by atoms with Crippen molar-refractivity contribution in [1.29, 1.82) is 0 Å². The van der Waals surface area contributed by atoms with Crippen molar-refractivity contribution in [3.8, 4) is 11.5 Å². The monoisotopic (exact) mass is 422 g/mol. The summed E-state index contributed by atoms with van der Waals surface area (Å²) >= 11 is 0. The molecule has 5 nitrogen and oxygen atoms in total. The number of piperidine rings is 1. The molecule has 1 saturated heterocycles. The van der Waals surface area contributed by atoms with E-state index in [0.29, 0.717) is 6.61 Å². The van der Waals surface area contributed by atoms with Crippen LogP contribution in [0, 0.1) is 18.8 Å². The van der Waals surface area contributed by atoms with Gasteiger partial charge in [-0.05, 0) is 57.4 Å². The second-order valence-corrected chi connectivity index (χ2v) is 9.70. The van der Waals surface area contributed by atoms with Gasteiger partial charge >= 0.3 is 0 Å². The predicted molar refractivity (Wildman–Crippen MR) is 120 cm³/mol. The van der Waals surface area contributed by atoms with Crippen LogP contribution in [0.25, 0.3) is 0 Å². The topological polar surface area (TPSA) is 54.8 Å². The average Bonchev–Trinajstić information content (AvgIpc) is 3.08. The summed E-state index contributed by atoms with van der Waals surface area (Å²) in [6.45, 7) is 9.44. The molecule has 2 bridgehead atoms. The predicted octanol–water partition coefficient (Wildman–Crippen LogP) is 4.23. The summed E-state index contributed by atoms with van der Waals surface area (Å²) in [4.78, 5) is 7.14. The number of aryl methyl sites for hydroxylation is 1. The molecule has 5 rings (SSSR count). The van der Waals surface area contributed by atoms with Gasteiger partial charge in [-0.25, -0.2) is 0 Å². The van der Waals surface area contributed by atoms with Gasteiger partial charge in [-0.2, -0.15) is 0 Å². The third-order valence-electron chi connectivity index (χ3n) is 7.40. The van der Waals surface area contributed by atoms with Gasteiger partial charge in [0.05, 0.1) is 12.3 Å². The van der Waals surface area contributed by atoms with Crippen molar-refractivity contribution < 1.29 is 14.6 Å². The van der Waals surface area contributed by atoms with Crippen molar-refractivity contribution in [3.05, 3.63) is 52.8 Å². The highest BCUT2D eigenvalue weighted by molar-refractivity contribution is 5.48. The summed E-state index contributed by atoms with van der Waals surface area (Å²) in [5.41, 5.74) is 3.59. The van der Waals surface area contributed by atoms with E-state index in [1.807, 2.05) is 26.1 Å². The molecule has 2 aromatic rings. The number of nitrogens with zero attached hydrogens (tertiary/aromatic N) is 2. The van der Waals surface area contributed by atoms with E-state index in [1.54, 1.807) is 0 Å². The number of hydrogen-bond donors (Lipinski definition) is 1. The first-order valence-corrected chi connectivity index (χ1v) is 11.8. The lowest BCUT2D eigenvalue weighted by molar-refractivity contribution is -0.151. The highest BCUT2D eigenvalue weighted by Gasteiger charge is 2.52. The molecule has 166 valence electrons. The maximum atomic E-state index is 11.9. The summed E-state index contributed by atoms with van der Waals surface area (Å²) in [5, 5.41) is 11.9. The number of pyridine rings is 1. The van der Waals surface area contributed by atoms with Crippen LogP contribution in [-0.2, 0) is 18.6 Å². The number of fused-ring (bicyclic) bond motifs is 3. The lowest BCUT2D eigenvalue weighted by Gasteiger charge is -2.52. The summed E-state index contributed by atoms with van der Waals surface area (Å²) in [7, 11) is 0. The molecule has 31 heavy (non-hydrogen) atoms. The van der Waals surface area contributed by atoms with Crippen LogP contribution in [0.4, 0.5) is 0 Å². The van der Waals surface area contributed by atoms with Crippen LogP contribution in [0.2, 0.25) is 0 Å². The van der Waals surface area contributed by atoms with Crippen LogP contribution >= 0.6 is 0 Å². The number of aliphatic hydroxyl groups is 1. The van der Waals surface area contributed by atoms with Gasteiger partial charge in [0.2, 0.25) is 0 Å². The van der Waals surface area contributed by atoms with Gasteiger partial charge in [0.25, 0.3) is 0 Å². The van der Waals surface area contributed by atoms with Crippen molar-refractivity contribution >= 4 is 0 Å². The Balaban J connectivity index is 1.39. The zero-order valence-corrected chi connectivity index (χ0v) is 18.9. The molecule has 1 N–H and O–H groups in total. The quantitative estimate of drug-likeness (QED) is 0.781. The van der Waals surface area contributed by atoms with E-state index in [0.717, 1.165) is 61.7 Å². The van der Waals surface area contributed by atoms with Crippen LogP contribution in [0.1, 0.15) is 55.5 Å². The van der Waals surface area contributed by atoms with Crippen LogP contribution in [0.3, 0.4) is 0 Å². The average molecular weight is 423 g/mol. The van der Waals surface area contributed by atoms with Gasteiger partial charge < -0.3 is 14.6 Å². The Labute approximate surface area is 185 Å². The molecule has 0 amide bonds. The summed E-state index contributed by atoms with van der Waals surface area (Å²) in [6, 6.07) is 8.46. The number of ether oxygens (including phenoxy) is 2. The minimum Gasteiger partial charge on any atom is -0.494 e. The first-order chi connectivity index (χ1) is 15.0. The molecule has 1 aliphatic carbocycles. The van der Waals surface area contributed by atoms with E-state index in [9.17, 15) is 5.11 Å². The standard InChI is InChI=1S/C26H34N2O3/c1-4-30-23-11-19-10-18(3)31-24(19)12-20(23)14-28-15-21-6-5-7-22(16-28)26(21,29)25-9-8-17(2)13-27-25/h8-9,11-13,18,21-22,29H,4-7,10,14-16H2,1-3H3. The van der Waals surface area contributed by atoms with Crippen LogP contribution in [0.15, 0.2) is 30.5 Å². The second kappa shape index (κ2) is 8.10. The molecule has 3 aliphatic rings. The van der Waals surface area contributed by atoms with E-state index >= 15 is 0 Å². The normalized spacial score (nSPS) is 30.0. The molecular weight excluding hydrogens is 388 g/mol. The SMILES string of the molecule is CCOc1cc2c(cc1CN1CC3CCCC(C1)C3(O)c1ccc(C)cn1)OC(C)C2. The molecular formula is C26H34N2O3. The Bertz CT molecular complexity index is 928. The first kappa shape index (κ1) is 20.8. The summed E-state index contributed by atoms with van der Waals surface area (Å²) in [5.74, 6) is 2.39. The first-order valence-electron chi connectivity index (χ1n) is 11.8. The van der Waals surface area contributed by atoms with Gasteiger partial charge in [0.15, 0.2) is 0 Å². The summed E-state index contributed by atoms with van der Waals surface area (Å²) < 4.78 is 12.0. The van der Waals surface area contributed by atoms with Crippen LogP contribution in [0.5, 0.6) is 11.5 Å². The maximum absolute atomic E-state index is 11.9. The largest absolute Gasteiger partial charge is 0.494 e. The molecule has 3 atom stereocenters. The minimum absolute atomic E-state index is 0.205. The fourth-order valence-corrected chi connectivity index (χ4v) is 5.93. The Kier molecular flexibility index (Phi) is 5.43. The van der Waals surface area contributed by atoms with Crippen LogP contribution < -0.4 is 9.47 Å². The maximum Gasteiger partial charge on any atom is 0.124 e. The number of hydrogen-bond acceptors (Lipinski definition) is 5. The molecule has 3 unspecified atom stereocenters. The van der Waals surface area contributed by atoms with Gasteiger partial charge in [-0.3, -0.25) is 9.88 Å². The van der Waals surface area contributed by atoms with Crippen molar-refractivity contribution in [3.63, 3.8) is 0 Å². The third kappa shape index (κ3) is 3.72. The molecule has 1 saturated carbocycles. The number of rotatable bonds is 5. The zero-order chi connectivity index (χ0) is 21.6. The highest BCUT2D eigenvalue weighted by Crippen LogP contribution is 2.49. The number of aromatic nitrogens is 1. The Hall–Kier alpha value is -2.11. The molecule has 0 spiro atoms. The lowest BCUT2D eigenvalue weighted by Crippen LogP contribution is -2.58. The highest BCUT2D eigenvalue weighted by atomic mass is 16.5. The molecule has 0 radical (unpaired) electrons. The third-order valence-corrected chi connectivity index (χ3v) is 7.40. The Morgan fingerprint density at radius 3 is 2.68 bits per heavy atom. The molecule has 2 fully saturated rings.